The van der Waals surface area contributed by atoms with Crippen LogP contribution in [0.1, 0.15) is 40.5 Å². The molecule has 0 saturated carbocycles. The molecule has 94 valence electrons. The lowest BCUT2D eigenvalue weighted by Crippen LogP contribution is -2.48. The molecule has 0 aliphatic heterocycles. The first kappa shape index (κ1) is 14.7. The Bertz CT molecular complexity index is 241. The Kier molecular flexibility index (Phi) is 6.53. The van der Waals surface area contributed by atoms with Crippen molar-refractivity contribution in [2.24, 2.45) is 5.92 Å². The molecule has 0 rings (SSSR count). The van der Waals surface area contributed by atoms with E-state index in [9.17, 15) is 9.59 Å². The molecule has 5 heteroatoms. The summed E-state index contributed by atoms with van der Waals surface area (Å²) in [6.07, 6.45) is 1.25. The molecule has 0 saturated heterocycles. The smallest absolute Gasteiger partial charge is 0.326 e. The van der Waals surface area contributed by atoms with E-state index in [1.165, 1.54) is 0 Å². The van der Waals surface area contributed by atoms with E-state index in [1.54, 1.807) is 0 Å². The van der Waals surface area contributed by atoms with E-state index in [1.807, 2.05) is 27.7 Å². The summed E-state index contributed by atoms with van der Waals surface area (Å²) in [5, 5.41) is 14.1. The molecule has 0 heterocycles. The van der Waals surface area contributed by atoms with Gasteiger partial charge in [-0.3, -0.25) is 0 Å². The third-order valence-electron chi connectivity index (χ3n) is 2.30. The molecular formula is C11H22N2O3. The summed E-state index contributed by atoms with van der Waals surface area (Å²) in [4.78, 5) is 22.3. The monoisotopic (exact) mass is 230 g/mol. The van der Waals surface area contributed by atoms with Gasteiger partial charge in [0.25, 0.3) is 0 Å². The quantitative estimate of drug-likeness (QED) is 0.648. The van der Waals surface area contributed by atoms with Gasteiger partial charge in [0.05, 0.1) is 0 Å². The highest BCUT2D eigenvalue weighted by atomic mass is 16.4. The first-order valence-corrected chi connectivity index (χ1v) is 5.66. The van der Waals surface area contributed by atoms with Gasteiger partial charge in [-0.15, -0.1) is 0 Å². The molecule has 0 aromatic heterocycles. The van der Waals surface area contributed by atoms with Crippen molar-refractivity contribution in [1.82, 2.24) is 10.6 Å². The third-order valence-corrected chi connectivity index (χ3v) is 2.30. The predicted octanol–water partition coefficient (Wildman–Crippen LogP) is 1.58. The lowest BCUT2D eigenvalue weighted by atomic mass is 10.0. The van der Waals surface area contributed by atoms with Gasteiger partial charge >= 0.3 is 12.0 Å². The summed E-state index contributed by atoms with van der Waals surface area (Å²) in [6, 6.07) is -1.18. The van der Waals surface area contributed by atoms with Gasteiger partial charge in [0, 0.05) is 6.04 Å². The molecule has 16 heavy (non-hydrogen) atoms. The van der Waals surface area contributed by atoms with Crippen LogP contribution in [-0.2, 0) is 4.79 Å². The largest absolute Gasteiger partial charge is 0.480 e. The molecular weight excluding hydrogens is 208 g/mol. The predicted molar refractivity (Wildman–Crippen MR) is 62.3 cm³/mol. The van der Waals surface area contributed by atoms with Crippen molar-refractivity contribution in [1.29, 1.82) is 0 Å². The highest BCUT2D eigenvalue weighted by Gasteiger charge is 2.21. The second-order valence-electron chi connectivity index (χ2n) is 4.45. The number of urea groups is 1. The van der Waals surface area contributed by atoms with E-state index in [0.717, 1.165) is 6.42 Å². The fourth-order valence-electron chi connectivity index (χ4n) is 1.22. The minimum Gasteiger partial charge on any atom is -0.480 e. The number of carboxylic acids is 1. The zero-order valence-corrected chi connectivity index (χ0v) is 10.4. The number of carbonyl (C=O) groups excluding carboxylic acids is 1. The first-order valence-electron chi connectivity index (χ1n) is 5.66. The summed E-state index contributed by atoms with van der Waals surface area (Å²) >= 11 is 0. The molecule has 0 spiro atoms. The average molecular weight is 230 g/mol. The number of hydrogen-bond donors (Lipinski definition) is 3. The van der Waals surface area contributed by atoms with E-state index < -0.39 is 18.0 Å². The number of carbonyl (C=O) groups is 2. The lowest BCUT2D eigenvalue weighted by Gasteiger charge is -2.18. The van der Waals surface area contributed by atoms with Gasteiger partial charge in [-0.1, -0.05) is 20.8 Å². The topological polar surface area (TPSA) is 78.4 Å². The summed E-state index contributed by atoms with van der Waals surface area (Å²) in [5.41, 5.74) is 0. The first-order chi connectivity index (χ1) is 7.36. The highest BCUT2D eigenvalue weighted by molar-refractivity contribution is 5.82. The van der Waals surface area contributed by atoms with E-state index in [-0.39, 0.29) is 12.0 Å². The Labute approximate surface area is 96.6 Å². The zero-order chi connectivity index (χ0) is 12.7. The third kappa shape index (κ3) is 6.27. The molecule has 2 atom stereocenters. The number of amides is 2. The average Bonchev–Trinajstić information content (AvgIpc) is 2.15. The van der Waals surface area contributed by atoms with Crippen molar-refractivity contribution in [3.05, 3.63) is 0 Å². The van der Waals surface area contributed by atoms with Crippen LogP contribution in [0.2, 0.25) is 0 Å². The molecule has 2 amide bonds. The van der Waals surface area contributed by atoms with Gasteiger partial charge in [0.15, 0.2) is 0 Å². The van der Waals surface area contributed by atoms with Gasteiger partial charge in [0.2, 0.25) is 0 Å². The normalized spacial score (nSPS) is 14.3. The van der Waals surface area contributed by atoms with E-state index in [0.29, 0.717) is 6.42 Å². The van der Waals surface area contributed by atoms with Crippen LogP contribution in [0.5, 0.6) is 0 Å². The number of aliphatic carboxylic acids is 1. The van der Waals surface area contributed by atoms with Crippen LogP contribution in [-0.4, -0.2) is 29.2 Å². The van der Waals surface area contributed by atoms with Crippen LogP contribution in [0.25, 0.3) is 0 Å². The number of nitrogens with one attached hydrogen (secondary N) is 2. The van der Waals surface area contributed by atoms with E-state index in [2.05, 4.69) is 10.6 Å². The minimum absolute atomic E-state index is 0.0495. The summed E-state index contributed by atoms with van der Waals surface area (Å²) < 4.78 is 0. The Morgan fingerprint density at radius 3 is 2.12 bits per heavy atom. The molecule has 0 bridgehead atoms. The summed E-state index contributed by atoms with van der Waals surface area (Å²) in [5.74, 6) is -0.766. The van der Waals surface area contributed by atoms with Gasteiger partial charge in [0.1, 0.15) is 6.04 Å². The lowest BCUT2D eigenvalue weighted by molar-refractivity contribution is -0.139. The molecule has 0 fully saturated rings. The maximum absolute atomic E-state index is 11.4. The Morgan fingerprint density at radius 1 is 1.19 bits per heavy atom. The second kappa shape index (κ2) is 7.09. The van der Waals surface area contributed by atoms with Crippen molar-refractivity contribution < 1.29 is 14.7 Å². The van der Waals surface area contributed by atoms with Gasteiger partial charge in [-0.2, -0.15) is 0 Å². The molecule has 0 aliphatic rings. The Balaban J connectivity index is 4.18. The highest BCUT2D eigenvalue weighted by Crippen LogP contribution is 2.04. The van der Waals surface area contributed by atoms with E-state index in [4.69, 9.17) is 5.11 Å². The molecule has 0 radical (unpaired) electrons. The van der Waals surface area contributed by atoms with Crippen molar-refractivity contribution in [2.75, 3.05) is 0 Å². The molecule has 0 unspecified atom stereocenters. The molecule has 5 nitrogen and oxygen atoms in total. The van der Waals surface area contributed by atoms with Crippen molar-refractivity contribution in [2.45, 2.75) is 52.6 Å². The second-order valence-corrected chi connectivity index (χ2v) is 4.45. The molecule has 0 aliphatic carbocycles. The maximum atomic E-state index is 11.4. The molecule has 3 N–H and O–H groups in total. The summed E-state index contributed by atoms with van der Waals surface area (Å²) in [6.45, 7) is 7.67. The SMILES string of the molecule is CC[C@@H](C)NC(=O)N[C@@H](CC(C)C)C(=O)O. The van der Waals surface area contributed by atoms with Gasteiger partial charge in [-0.05, 0) is 25.7 Å². The fraction of sp³-hybridized carbons (Fsp3) is 0.818. The summed E-state index contributed by atoms with van der Waals surface area (Å²) in [7, 11) is 0. The van der Waals surface area contributed by atoms with Crippen molar-refractivity contribution in [3.8, 4) is 0 Å². The van der Waals surface area contributed by atoms with Crippen LogP contribution in [0, 0.1) is 5.92 Å². The standard InChI is InChI=1S/C11H22N2O3/c1-5-8(4)12-11(16)13-9(10(14)15)6-7(2)3/h7-9H,5-6H2,1-4H3,(H,14,15)(H2,12,13,16)/t8-,9+/m1/s1. The van der Waals surface area contributed by atoms with Gasteiger partial charge < -0.3 is 15.7 Å². The molecule has 0 aromatic rings. The van der Waals surface area contributed by atoms with E-state index >= 15 is 0 Å². The number of carboxylic acid groups (broad SMARTS) is 1. The van der Waals surface area contributed by atoms with Crippen LogP contribution in [0.4, 0.5) is 4.79 Å². The van der Waals surface area contributed by atoms with Crippen molar-refractivity contribution >= 4 is 12.0 Å². The molecule has 0 aromatic carbocycles. The van der Waals surface area contributed by atoms with Crippen LogP contribution >= 0.6 is 0 Å². The number of rotatable bonds is 6. The zero-order valence-electron chi connectivity index (χ0n) is 10.4. The van der Waals surface area contributed by atoms with Crippen LogP contribution < -0.4 is 10.6 Å². The Hall–Kier alpha value is -1.26. The maximum Gasteiger partial charge on any atom is 0.326 e. The Morgan fingerprint density at radius 2 is 1.75 bits per heavy atom. The van der Waals surface area contributed by atoms with Gasteiger partial charge in [-0.25, -0.2) is 9.59 Å². The number of hydrogen-bond acceptors (Lipinski definition) is 2. The van der Waals surface area contributed by atoms with Crippen molar-refractivity contribution in [3.63, 3.8) is 0 Å². The fourth-order valence-corrected chi connectivity index (χ4v) is 1.22. The van der Waals surface area contributed by atoms with Crippen LogP contribution in [0.15, 0.2) is 0 Å². The minimum atomic E-state index is -0.993. The van der Waals surface area contributed by atoms with Crippen LogP contribution in [0.3, 0.4) is 0 Å².